The van der Waals surface area contributed by atoms with Crippen molar-refractivity contribution >= 4 is 17.7 Å². The van der Waals surface area contributed by atoms with E-state index in [0.29, 0.717) is 25.1 Å². The maximum absolute atomic E-state index is 12.9. The summed E-state index contributed by atoms with van der Waals surface area (Å²) in [6.45, 7) is 3.42. The molecular weight excluding hydrogens is 378 g/mol. The van der Waals surface area contributed by atoms with Gasteiger partial charge in [0.2, 0.25) is 11.8 Å². The van der Waals surface area contributed by atoms with Crippen LogP contribution < -0.4 is 10.6 Å². The highest BCUT2D eigenvalue weighted by molar-refractivity contribution is 5.94. The molecule has 2 N–H and O–H groups in total. The Balaban J connectivity index is 1.49. The zero-order chi connectivity index (χ0) is 21.3. The molecule has 6 nitrogen and oxygen atoms in total. The van der Waals surface area contributed by atoms with E-state index in [1.54, 1.807) is 12.1 Å². The lowest BCUT2D eigenvalue weighted by atomic mass is 9.88. The molecule has 30 heavy (non-hydrogen) atoms. The highest BCUT2D eigenvalue weighted by Crippen LogP contribution is 2.22. The quantitative estimate of drug-likeness (QED) is 0.720. The molecule has 1 heterocycles. The average molecular weight is 414 g/mol. The van der Waals surface area contributed by atoms with E-state index in [-0.39, 0.29) is 35.7 Å². The highest BCUT2D eigenvalue weighted by atomic mass is 16.2. The molecule has 0 bridgehead atoms. The number of amides is 3. The second-order valence-corrected chi connectivity index (χ2v) is 8.60. The van der Waals surface area contributed by atoms with Crippen LogP contribution in [0.2, 0.25) is 0 Å². The number of unbranched alkanes of at least 4 members (excludes halogenated alkanes) is 1. The molecule has 1 aliphatic carbocycles. The van der Waals surface area contributed by atoms with Crippen LogP contribution in [-0.4, -0.2) is 47.8 Å². The molecule has 2 aliphatic rings. The second-order valence-electron chi connectivity index (χ2n) is 8.60. The number of hydrogen-bond donors (Lipinski definition) is 2. The molecule has 0 spiro atoms. The van der Waals surface area contributed by atoms with Crippen LogP contribution in [0.25, 0.3) is 0 Å². The van der Waals surface area contributed by atoms with E-state index >= 15 is 0 Å². The Labute approximate surface area is 179 Å². The minimum absolute atomic E-state index is 0.0249. The smallest absolute Gasteiger partial charge is 0.251 e. The molecule has 6 heteroatoms. The van der Waals surface area contributed by atoms with Gasteiger partial charge in [-0.2, -0.15) is 0 Å². The maximum Gasteiger partial charge on any atom is 0.251 e. The molecule has 0 radical (unpaired) electrons. The molecule has 3 amide bonds. The first kappa shape index (κ1) is 22.3. The lowest BCUT2D eigenvalue weighted by molar-refractivity contribution is -0.136. The fourth-order valence-electron chi connectivity index (χ4n) is 4.50. The number of benzene rings is 1. The molecule has 1 saturated heterocycles. The van der Waals surface area contributed by atoms with Gasteiger partial charge in [0.1, 0.15) is 0 Å². The topological polar surface area (TPSA) is 78.5 Å². The van der Waals surface area contributed by atoms with Gasteiger partial charge in [0.25, 0.3) is 5.91 Å². The van der Waals surface area contributed by atoms with Crippen molar-refractivity contribution in [3.8, 4) is 0 Å². The van der Waals surface area contributed by atoms with Crippen molar-refractivity contribution < 1.29 is 14.4 Å². The lowest BCUT2D eigenvalue weighted by Crippen LogP contribution is -2.55. The van der Waals surface area contributed by atoms with E-state index in [9.17, 15) is 14.4 Å². The molecule has 1 aromatic rings. The van der Waals surface area contributed by atoms with Crippen LogP contribution in [0.5, 0.6) is 0 Å². The number of carbonyl (C=O) groups is 3. The third-order valence-electron chi connectivity index (χ3n) is 6.41. The fourth-order valence-corrected chi connectivity index (χ4v) is 4.50. The van der Waals surface area contributed by atoms with Gasteiger partial charge in [-0.3, -0.25) is 14.4 Å². The molecule has 1 aliphatic heterocycles. The van der Waals surface area contributed by atoms with Crippen molar-refractivity contribution in [3.05, 3.63) is 35.9 Å². The SMILES string of the molecule is CCCCC(=O)N1CCC(C(=O)N[C@@H]2CCCC[C@H]2NC(=O)c2ccccc2)CC1. The van der Waals surface area contributed by atoms with Gasteiger partial charge in [0, 0.05) is 43.1 Å². The molecule has 3 rings (SSSR count). The average Bonchev–Trinajstić information content (AvgIpc) is 2.79. The summed E-state index contributed by atoms with van der Waals surface area (Å²) in [6.07, 6.45) is 7.89. The summed E-state index contributed by atoms with van der Waals surface area (Å²) in [5.41, 5.74) is 0.647. The largest absolute Gasteiger partial charge is 0.351 e. The number of carbonyl (C=O) groups excluding carboxylic acids is 3. The molecule has 2 atom stereocenters. The van der Waals surface area contributed by atoms with E-state index in [2.05, 4.69) is 17.6 Å². The Morgan fingerprint density at radius 3 is 2.20 bits per heavy atom. The Kier molecular flexibility index (Phi) is 8.29. The van der Waals surface area contributed by atoms with Crippen molar-refractivity contribution in [1.29, 1.82) is 0 Å². The number of rotatable bonds is 7. The van der Waals surface area contributed by atoms with Gasteiger partial charge >= 0.3 is 0 Å². The predicted octanol–water partition coefficient (Wildman–Crippen LogP) is 3.27. The Morgan fingerprint density at radius 1 is 0.933 bits per heavy atom. The zero-order valence-corrected chi connectivity index (χ0v) is 18.1. The van der Waals surface area contributed by atoms with Crippen LogP contribution in [0.3, 0.4) is 0 Å². The highest BCUT2D eigenvalue weighted by Gasteiger charge is 2.32. The minimum Gasteiger partial charge on any atom is -0.351 e. The van der Waals surface area contributed by atoms with Gasteiger partial charge in [0.05, 0.1) is 0 Å². The molecular formula is C24H35N3O3. The first-order valence-electron chi connectivity index (χ1n) is 11.5. The lowest BCUT2D eigenvalue weighted by Gasteiger charge is -2.36. The summed E-state index contributed by atoms with van der Waals surface area (Å²) in [6, 6.07) is 9.16. The van der Waals surface area contributed by atoms with Crippen molar-refractivity contribution in [2.45, 2.75) is 76.8 Å². The van der Waals surface area contributed by atoms with E-state index < -0.39 is 0 Å². The van der Waals surface area contributed by atoms with Crippen LogP contribution in [-0.2, 0) is 9.59 Å². The number of nitrogens with zero attached hydrogens (tertiary/aromatic N) is 1. The van der Waals surface area contributed by atoms with Gasteiger partial charge in [-0.15, -0.1) is 0 Å². The number of piperidine rings is 1. The van der Waals surface area contributed by atoms with Crippen molar-refractivity contribution in [2.75, 3.05) is 13.1 Å². The summed E-state index contributed by atoms with van der Waals surface area (Å²) < 4.78 is 0. The van der Waals surface area contributed by atoms with Crippen LogP contribution >= 0.6 is 0 Å². The van der Waals surface area contributed by atoms with Crippen molar-refractivity contribution in [3.63, 3.8) is 0 Å². The van der Waals surface area contributed by atoms with Crippen LogP contribution in [0.15, 0.2) is 30.3 Å². The predicted molar refractivity (Wildman–Crippen MR) is 117 cm³/mol. The number of nitrogens with one attached hydrogen (secondary N) is 2. The summed E-state index contributed by atoms with van der Waals surface area (Å²) in [5, 5.41) is 6.35. The third-order valence-corrected chi connectivity index (χ3v) is 6.41. The zero-order valence-electron chi connectivity index (χ0n) is 18.1. The monoisotopic (exact) mass is 413 g/mol. The summed E-state index contributed by atoms with van der Waals surface area (Å²) in [4.78, 5) is 39.6. The number of likely N-dealkylation sites (tertiary alicyclic amines) is 1. The van der Waals surface area contributed by atoms with E-state index in [1.165, 1.54) is 0 Å². The van der Waals surface area contributed by atoms with Crippen LogP contribution in [0.4, 0.5) is 0 Å². The fraction of sp³-hybridized carbons (Fsp3) is 0.625. The molecule has 0 unspecified atom stereocenters. The van der Waals surface area contributed by atoms with Crippen LogP contribution in [0.1, 0.15) is 75.1 Å². The van der Waals surface area contributed by atoms with Crippen LogP contribution in [0, 0.1) is 5.92 Å². The standard InChI is InChI=1S/C24H35N3O3/c1-2-3-13-22(28)27-16-14-19(15-17-27)24(30)26-21-12-8-7-11-20(21)25-23(29)18-9-5-4-6-10-18/h4-6,9-10,19-21H,2-3,7-8,11-17H2,1H3,(H,25,29)(H,26,30)/t20-,21-/m1/s1. The van der Waals surface area contributed by atoms with Gasteiger partial charge in [-0.25, -0.2) is 0 Å². The van der Waals surface area contributed by atoms with Gasteiger partial charge < -0.3 is 15.5 Å². The molecule has 0 aromatic heterocycles. The van der Waals surface area contributed by atoms with Crippen molar-refractivity contribution in [2.24, 2.45) is 5.92 Å². The normalized spacial score (nSPS) is 22.4. The van der Waals surface area contributed by atoms with E-state index in [0.717, 1.165) is 51.4 Å². The minimum atomic E-state index is -0.0827. The summed E-state index contributed by atoms with van der Waals surface area (Å²) in [5.74, 6) is 0.154. The Hall–Kier alpha value is -2.37. The number of hydrogen-bond acceptors (Lipinski definition) is 3. The molecule has 2 fully saturated rings. The summed E-state index contributed by atoms with van der Waals surface area (Å²) in [7, 11) is 0. The Bertz CT molecular complexity index is 714. The first-order chi connectivity index (χ1) is 14.6. The molecule has 164 valence electrons. The first-order valence-corrected chi connectivity index (χ1v) is 11.5. The van der Waals surface area contributed by atoms with Gasteiger partial charge in [0.15, 0.2) is 0 Å². The van der Waals surface area contributed by atoms with Gasteiger partial charge in [-0.1, -0.05) is 44.4 Å². The Morgan fingerprint density at radius 2 is 1.57 bits per heavy atom. The molecule has 1 aromatic carbocycles. The summed E-state index contributed by atoms with van der Waals surface area (Å²) >= 11 is 0. The van der Waals surface area contributed by atoms with Gasteiger partial charge in [-0.05, 0) is 44.2 Å². The van der Waals surface area contributed by atoms with Crippen molar-refractivity contribution in [1.82, 2.24) is 15.5 Å². The third kappa shape index (κ3) is 6.07. The molecule has 1 saturated carbocycles. The van der Waals surface area contributed by atoms with E-state index in [1.807, 2.05) is 23.1 Å². The second kappa shape index (κ2) is 11.1. The maximum atomic E-state index is 12.9. The van der Waals surface area contributed by atoms with E-state index in [4.69, 9.17) is 0 Å².